The van der Waals surface area contributed by atoms with E-state index in [4.69, 9.17) is 4.74 Å². The van der Waals surface area contributed by atoms with Gasteiger partial charge in [0.05, 0.1) is 6.10 Å². The van der Waals surface area contributed by atoms with Crippen LogP contribution in [0.1, 0.15) is 110 Å². The van der Waals surface area contributed by atoms with Crippen LogP contribution < -0.4 is 0 Å². The molecule has 0 rings (SSSR count). The van der Waals surface area contributed by atoms with Crippen molar-refractivity contribution in [3.05, 3.63) is 0 Å². The van der Waals surface area contributed by atoms with Crippen LogP contribution >= 0.6 is 0 Å². The van der Waals surface area contributed by atoms with E-state index in [-0.39, 0.29) is 18.9 Å². The minimum Gasteiger partial charge on any atom is -0.379 e. The molecule has 0 amide bonds. The Labute approximate surface area is 174 Å². The summed E-state index contributed by atoms with van der Waals surface area (Å²) in [7, 11) is 0. The Balaban J connectivity index is 3.35. The number of hydrogen-bond acceptors (Lipinski definition) is 1. The smallest absolute Gasteiger partial charge is 0.379 e. The second-order valence-corrected chi connectivity index (χ2v) is 8.07. The Hall–Kier alpha value is -0.830. The molecule has 0 aromatic heterocycles. The van der Waals surface area contributed by atoms with E-state index in [1.807, 2.05) is 13.8 Å². The normalized spacial score (nSPS) is 12.3. The van der Waals surface area contributed by atoms with Gasteiger partial charge >= 0.3 is 6.18 Å². The van der Waals surface area contributed by atoms with Gasteiger partial charge in [0.2, 0.25) is 5.92 Å². The third kappa shape index (κ3) is 23.3. The standard InChI is InChI=1S/C23H39F5O/c1-21(2)29-20-16-18-22(24,25)17-14-12-10-8-6-4-3-5-7-9-11-13-15-19-23(26,27)28/h21H,3-14,16-18,20H2,1-2H3. The number of halogens is 5. The van der Waals surface area contributed by atoms with Crippen LogP contribution in [-0.2, 0) is 4.74 Å². The number of hydrogen-bond donors (Lipinski definition) is 0. The molecule has 0 bridgehead atoms. The summed E-state index contributed by atoms with van der Waals surface area (Å²) in [6.07, 6.45) is 7.02. The van der Waals surface area contributed by atoms with Crippen molar-refractivity contribution in [3.8, 4) is 11.8 Å². The van der Waals surface area contributed by atoms with E-state index in [0.29, 0.717) is 25.9 Å². The Morgan fingerprint density at radius 2 is 1.10 bits per heavy atom. The fourth-order valence-corrected chi connectivity index (χ4v) is 3.13. The molecule has 0 spiro atoms. The first-order valence-electron chi connectivity index (χ1n) is 11.2. The van der Waals surface area contributed by atoms with Gasteiger partial charge in [-0.2, -0.15) is 13.2 Å². The van der Waals surface area contributed by atoms with Crippen molar-refractivity contribution >= 4 is 0 Å². The third-order valence-corrected chi connectivity index (χ3v) is 4.71. The molecule has 0 aromatic rings. The highest BCUT2D eigenvalue weighted by Crippen LogP contribution is 2.27. The van der Waals surface area contributed by atoms with Crippen molar-refractivity contribution in [1.29, 1.82) is 0 Å². The van der Waals surface area contributed by atoms with Gasteiger partial charge in [0.15, 0.2) is 0 Å². The van der Waals surface area contributed by atoms with E-state index >= 15 is 0 Å². The maximum absolute atomic E-state index is 13.7. The molecule has 0 atom stereocenters. The predicted molar refractivity (Wildman–Crippen MR) is 109 cm³/mol. The minimum absolute atomic E-state index is 0.0258. The van der Waals surface area contributed by atoms with Crippen LogP contribution in [0.15, 0.2) is 0 Å². The van der Waals surface area contributed by atoms with Crippen LogP contribution in [0.25, 0.3) is 0 Å². The van der Waals surface area contributed by atoms with E-state index in [0.717, 1.165) is 64.2 Å². The molecule has 0 saturated heterocycles. The van der Waals surface area contributed by atoms with E-state index in [2.05, 4.69) is 5.92 Å². The first-order chi connectivity index (χ1) is 13.6. The number of ether oxygens (including phenoxy) is 1. The molecule has 0 aliphatic heterocycles. The summed E-state index contributed by atoms with van der Waals surface area (Å²) in [4.78, 5) is 0. The second kappa shape index (κ2) is 16.9. The molecule has 0 unspecified atom stereocenters. The SMILES string of the molecule is CC(C)OCCCC(F)(F)CCCCCCCCCCCCCC#CC(F)(F)F. The fourth-order valence-electron chi connectivity index (χ4n) is 3.13. The van der Waals surface area contributed by atoms with Gasteiger partial charge in [0, 0.05) is 31.8 Å². The lowest BCUT2D eigenvalue weighted by Crippen LogP contribution is -2.17. The van der Waals surface area contributed by atoms with Crippen molar-refractivity contribution in [3.63, 3.8) is 0 Å². The van der Waals surface area contributed by atoms with Gasteiger partial charge in [0.25, 0.3) is 0 Å². The molecule has 0 heterocycles. The topological polar surface area (TPSA) is 9.23 Å². The molecular weight excluding hydrogens is 387 g/mol. The molecule has 0 radical (unpaired) electrons. The lowest BCUT2D eigenvalue weighted by atomic mass is 10.0. The van der Waals surface area contributed by atoms with Crippen molar-refractivity contribution < 1.29 is 26.7 Å². The third-order valence-electron chi connectivity index (χ3n) is 4.71. The Morgan fingerprint density at radius 1 is 0.655 bits per heavy atom. The van der Waals surface area contributed by atoms with Crippen molar-refractivity contribution in [2.24, 2.45) is 0 Å². The van der Waals surface area contributed by atoms with E-state index < -0.39 is 12.1 Å². The zero-order valence-electron chi connectivity index (χ0n) is 18.2. The first-order valence-corrected chi connectivity index (χ1v) is 11.2. The minimum atomic E-state index is -4.37. The molecule has 172 valence electrons. The van der Waals surface area contributed by atoms with Crippen LogP contribution in [-0.4, -0.2) is 24.8 Å². The quantitative estimate of drug-likeness (QED) is 0.121. The number of unbranched alkanes of at least 4 members (excludes halogenated alkanes) is 11. The van der Waals surface area contributed by atoms with Gasteiger partial charge in [-0.05, 0) is 33.1 Å². The largest absolute Gasteiger partial charge is 0.457 e. The molecule has 0 saturated carbocycles. The summed E-state index contributed by atoms with van der Waals surface area (Å²) < 4.78 is 68.2. The summed E-state index contributed by atoms with van der Waals surface area (Å²) in [5.74, 6) is 0.876. The molecule has 0 aliphatic carbocycles. The average molecular weight is 427 g/mol. The summed E-state index contributed by atoms with van der Waals surface area (Å²) in [6, 6.07) is 0. The molecule has 0 aromatic carbocycles. The molecule has 0 aliphatic rings. The van der Waals surface area contributed by atoms with Crippen LogP contribution in [0.4, 0.5) is 22.0 Å². The first kappa shape index (κ1) is 28.2. The van der Waals surface area contributed by atoms with Gasteiger partial charge in [-0.25, -0.2) is 8.78 Å². The van der Waals surface area contributed by atoms with Gasteiger partial charge in [-0.1, -0.05) is 63.7 Å². The maximum Gasteiger partial charge on any atom is 0.457 e. The van der Waals surface area contributed by atoms with Crippen molar-refractivity contribution in [2.45, 2.75) is 128 Å². The van der Waals surface area contributed by atoms with Crippen LogP contribution in [0.2, 0.25) is 0 Å². The van der Waals surface area contributed by atoms with E-state index in [1.54, 1.807) is 0 Å². The van der Waals surface area contributed by atoms with Crippen LogP contribution in [0.3, 0.4) is 0 Å². The summed E-state index contributed by atoms with van der Waals surface area (Å²) in [5, 5.41) is 0. The predicted octanol–water partition coefficient (Wildman–Crippen LogP) is 8.46. The molecule has 6 heteroatoms. The van der Waals surface area contributed by atoms with Crippen LogP contribution in [0, 0.1) is 11.8 Å². The monoisotopic (exact) mass is 426 g/mol. The zero-order chi connectivity index (χ0) is 22.0. The van der Waals surface area contributed by atoms with Crippen LogP contribution in [0.5, 0.6) is 0 Å². The molecule has 29 heavy (non-hydrogen) atoms. The zero-order valence-corrected chi connectivity index (χ0v) is 18.2. The summed E-state index contributed by atoms with van der Waals surface area (Å²) in [6.45, 7) is 4.21. The van der Waals surface area contributed by atoms with Crippen molar-refractivity contribution in [1.82, 2.24) is 0 Å². The van der Waals surface area contributed by atoms with Gasteiger partial charge in [-0.3, -0.25) is 0 Å². The van der Waals surface area contributed by atoms with Gasteiger partial charge < -0.3 is 4.74 Å². The highest BCUT2D eigenvalue weighted by molar-refractivity contribution is 5.04. The van der Waals surface area contributed by atoms with Gasteiger partial charge in [-0.15, -0.1) is 0 Å². The summed E-state index contributed by atoms with van der Waals surface area (Å²) in [5.41, 5.74) is 0. The lowest BCUT2D eigenvalue weighted by Gasteiger charge is -2.16. The fraction of sp³-hybridized carbons (Fsp3) is 0.913. The Morgan fingerprint density at radius 3 is 1.59 bits per heavy atom. The Bertz CT molecular complexity index is 435. The van der Waals surface area contributed by atoms with E-state index in [9.17, 15) is 22.0 Å². The van der Waals surface area contributed by atoms with Gasteiger partial charge in [0.1, 0.15) is 0 Å². The van der Waals surface area contributed by atoms with Crippen molar-refractivity contribution in [2.75, 3.05) is 6.61 Å². The molecular formula is C23H39F5O. The Kier molecular flexibility index (Phi) is 16.4. The average Bonchev–Trinajstić information content (AvgIpc) is 2.61. The number of alkyl halides is 5. The molecule has 0 fully saturated rings. The lowest BCUT2D eigenvalue weighted by molar-refractivity contribution is -0.0697. The van der Waals surface area contributed by atoms with E-state index in [1.165, 1.54) is 5.92 Å². The summed E-state index contributed by atoms with van der Waals surface area (Å²) >= 11 is 0. The highest BCUT2D eigenvalue weighted by atomic mass is 19.4. The molecule has 0 N–H and O–H groups in total. The number of rotatable bonds is 18. The molecule has 1 nitrogen and oxygen atoms in total. The maximum atomic E-state index is 13.7. The highest BCUT2D eigenvalue weighted by Gasteiger charge is 2.27. The second-order valence-electron chi connectivity index (χ2n) is 8.07.